The molecule has 2 heterocycles. The molecule has 0 spiro atoms. The van der Waals surface area contributed by atoms with Gasteiger partial charge < -0.3 is 35.0 Å². The molecule has 2 aromatic carbocycles. The summed E-state index contributed by atoms with van der Waals surface area (Å²) in [5.74, 6) is 2.73. The molecule has 2 aromatic rings. The van der Waals surface area contributed by atoms with Crippen LogP contribution in [-0.4, -0.2) is 36.3 Å². The second-order valence-corrected chi connectivity index (χ2v) is 5.02. The van der Waals surface area contributed by atoms with E-state index in [4.69, 9.17) is 41.6 Å². The van der Waals surface area contributed by atoms with E-state index in [2.05, 4.69) is 10.0 Å². The lowest BCUT2D eigenvalue weighted by atomic mass is 10.2. The number of rotatable bonds is 1. The molecule has 2 aliphatic rings. The van der Waals surface area contributed by atoms with E-state index in [1.54, 1.807) is 43.3 Å². The Labute approximate surface area is 156 Å². The van der Waals surface area contributed by atoms with Crippen molar-refractivity contribution < 1.29 is 29.3 Å². The van der Waals surface area contributed by atoms with Crippen molar-refractivity contribution in [3.8, 4) is 23.0 Å². The van der Waals surface area contributed by atoms with Crippen LogP contribution in [0.1, 0.15) is 12.5 Å². The van der Waals surface area contributed by atoms with Gasteiger partial charge in [0.2, 0.25) is 13.6 Å². The van der Waals surface area contributed by atoms with E-state index in [1.165, 1.54) is 0 Å². The largest absolute Gasteiger partial charge is 0.455 e. The van der Waals surface area contributed by atoms with Crippen molar-refractivity contribution in [2.45, 2.75) is 6.92 Å². The number of nitrogens with two attached hydrogens (primary N) is 1. The zero-order valence-electron chi connectivity index (χ0n) is 14.6. The van der Waals surface area contributed by atoms with Crippen LogP contribution in [0.4, 0.5) is 5.69 Å². The minimum atomic E-state index is 0.0540. The topological polar surface area (TPSA) is 120 Å². The summed E-state index contributed by atoms with van der Waals surface area (Å²) in [7, 11) is 0. The van der Waals surface area contributed by atoms with Gasteiger partial charge in [0.1, 0.15) is 0 Å². The highest BCUT2D eigenvalue weighted by atomic mass is 16.7. The molecule has 27 heavy (non-hydrogen) atoms. The maximum Gasteiger partial charge on any atom is 0.231 e. The van der Waals surface area contributed by atoms with Crippen molar-refractivity contribution in [2.24, 2.45) is 10.9 Å². The third kappa shape index (κ3) is 5.17. The Morgan fingerprint density at radius 3 is 2.11 bits per heavy atom. The van der Waals surface area contributed by atoms with Gasteiger partial charge in [0.25, 0.3) is 0 Å². The average molecular weight is 373 g/mol. The van der Waals surface area contributed by atoms with Crippen molar-refractivity contribution in [1.82, 2.24) is 0 Å². The average Bonchev–Trinajstić information content (AvgIpc) is 3.36. The van der Waals surface area contributed by atoms with Crippen molar-refractivity contribution in [2.75, 3.05) is 20.2 Å². The third-order valence-electron chi connectivity index (χ3n) is 3.26. The third-order valence-corrected chi connectivity index (χ3v) is 3.26. The summed E-state index contributed by atoms with van der Waals surface area (Å²) >= 11 is 0. The Balaban J connectivity index is 0.000000171. The SMILES string of the molecule is CCO.N/C(=N\O)c1ccc2c(c1)OCO2.[C-]#[N+]c1ccc2c(c1)OCO2. The first-order chi connectivity index (χ1) is 13.1. The van der Waals surface area contributed by atoms with Crippen LogP contribution in [0.15, 0.2) is 41.6 Å². The van der Waals surface area contributed by atoms with Crippen molar-refractivity contribution in [1.29, 1.82) is 0 Å². The quantitative estimate of drug-likeness (QED) is 0.231. The van der Waals surface area contributed by atoms with E-state index in [-0.39, 0.29) is 26.0 Å². The zero-order valence-corrected chi connectivity index (χ0v) is 14.6. The lowest BCUT2D eigenvalue weighted by Crippen LogP contribution is -2.12. The smallest absolute Gasteiger partial charge is 0.231 e. The number of benzene rings is 2. The van der Waals surface area contributed by atoms with E-state index in [1.807, 2.05) is 0 Å². The van der Waals surface area contributed by atoms with Crippen LogP contribution in [0.25, 0.3) is 4.85 Å². The van der Waals surface area contributed by atoms with E-state index in [0.717, 1.165) is 5.75 Å². The summed E-state index contributed by atoms with van der Waals surface area (Å²) in [5.41, 5.74) is 6.57. The van der Waals surface area contributed by atoms with E-state index < -0.39 is 0 Å². The summed E-state index contributed by atoms with van der Waals surface area (Å²) in [6.45, 7) is 9.14. The number of ether oxygens (including phenoxy) is 4. The molecular weight excluding hydrogens is 354 g/mol. The second-order valence-electron chi connectivity index (χ2n) is 5.02. The zero-order chi connectivity index (χ0) is 19.6. The minimum Gasteiger partial charge on any atom is -0.455 e. The molecule has 9 nitrogen and oxygen atoms in total. The van der Waals surface area contributed by atoms with Crippen molar-refractivity contribution in [3.05, 3.63) is 53.4 Å². The number of hydrogen-bond acceptors (Lipinski definition) is 7. The molecule has 0 radical (unpaired) electrons. The highest BCUT2D eigenvalue weighted by molar-refractivity contribution is 5.97. The predicted molar refractivity (Wildman–Crippen MR) is 96.7 cm³/mol. The van der Waals surface area contributed by atoms with Crippen LogP contribution in [0, 0.1) is 6.57 Å². The number of nitrogens with zero attached hydrogens (tertiary/aromatic N) is 2. The fourth-order valence-electron chi connectivity index (χ4n) is 2.07. The summed E-state index contributed by atoms with van der Waals surface area (Å²) in [6, 6.07) is 10.2. The first-order valence-corrected chi connectivity index (χ1v) is 7.88. The standard InChI is InChI=1S/C8H8N2O3.C8H5NO2.C2H6O/c9-8(10-11)5-1-2-6-7(3-5)13-4-12-6;1-9-6-2-3-7-8(4-6)11-5-10-7;1-2-3/h1-3,11H,4H2,(H2,9,10);2-4H,5H2;3H,2H2,1H3. The molecule has 0 saturated heterocycles. The maximum atomic E-state index is 8.43. The Morgan fingerprint density at radius 1 is 1.04 bits per heavy atom. The molecule has 0 saturated carbocycles. The fraction of sp³-hybridized carbons (Fsp3) is 0.222. The van der Waals surface area contributed by atoms with Gasteiger partial charge in [-0.2, -0.15) is 0 Å². The predicted octanol–water partition coefficient (Wildman–Crippen LogP) is 2.47. The van der Waals surface area contributed by atoms with Gasteiger partial charge in [-0.25, -0.2) is 4.85 Å². The van der Waals surface area contributed by atoms with E-state index >= 15 is 0 Å². The van der Waals surface area contributed by atoms with Gasteiger partial charge in [0, 0.05) is 12.2 Å². The molecule has 0 amide bonds. The first-order valence-electron chi connectivity index (χ1n) is 7.88. The number of oxime groups is 1. The van der Waals surface area contributed by atoms with Crippen LogP contribution in [0.3, 0.4) is 0 Å². The number of fused-ring (bicyclic) bond motifs is 2. The van der Waals surface area contributed by atoms with Gasteiger partial charge in [-0.3, -0.25) is 0 Å². The molecule has 4 N–H and O–H groups in total. The second kappa shape index (κ2) is 9.74. The van der Waals surface area contributed by atoms with Gasteiger partial charge in [0.05, 0.1) is 6.57 Å². The lowest BCUT2D eigenvalue weighted by molar-refractivity contribution is 0.173. The normalized spacial score (nSPS) is 12.9. The first kappa shape index (κ1) is 19.7. The number of aliphatic hydroxyl groups excluding tert-OH is 1. The molecule has 2 aliphatic heterocycles. The summed E-state index contributed by atoms with van der Waals surface area (Å²) in [6.07, 6.45) is 0. The summed E-state index contributed by atoms with van der Waals surface area (Å²) in [4.78, 5) is 3.26. The van der Waals surface area contributed by atoms with Crippen LogP contribution in [0.5, 0.6) is 23.0 Å². The summed E-state index contributed by atoms with van der Waals surface area (Å²) < 4.78 is 20.4. The monoisotopic (exact) mass is 373 g/mol. The van der Waals surface area contributed by atoms with Crippen LogP contribution < -0.4 is 24.7 Å². The molecule has 4 rings (SSSR count). The van der Waals surface area contributed by atoms with Crippen LogP contribution in [-0.2, 0) is 0 Å². The molecule has 0 aliphatic carbocycles. The molecule has 0 unspecified atom stereocenters. The van der Waals surface area contributed by atoms with Gasteiger partial charge >= 0.3 is 0 Å². The molecule has 0 bridgehead atoms. The molecule has 0 aromatic heterocycles. The Morgan fingerprint density at radius 2 is 1.56 bits per heavy atom. The van der Waals surface area contributed by atoms with E-state index in [0.29, 0.717) is 28.5 Å². The van der Waals surface area contributed by atoms with Crippen LogP contribution in [0.2, 0.25) is 0 Å². The molecule has 9 heteroatoms. The van der Waals surface area contributed by atoms with Gasteiger partial charge in [0.15, 0.2) is 34.5 Å². The molecular formula is C18H19N3O6. The molecule has 0 atom stereocenters. The van der Waals surface area contributed by atoms with Crippen LogP contribution >= 0.6 is 0 Å². The van der Waals surface area contributed by atoms with Gasteiger partial charge in [-0.1, -0.05) is 11.2 Å². The fourth-order valence-corrected chi connectivity index (χ4v) is 2.07. The molecule has 142 valence electrons. The number of aliphatic hydroxyl groups is 1. The number of amidine groups is 1. The van der Waals surface area contributed by atoms with Crippen molar-refractivity contribution >= 4 is 11.5 Å². The lowest BCUT2D eigenvalue weighted by Gasteiger charge is -1.99. The highest BCUT2D eigenvalue weighted by Gasteiger charge is 2.14. The maximum absolute atomic E-state index is 8.43. The van der Waals surface area contributed by atoms with Gasteiger partial charge in [-0.05, 0) is 37.3 Å². The minimum absolute atomic E-state index is 0.0540. The Hall–Kier alpha value is -3.64. The summed E-state index contributed by atoms with van der Waals surface area (Å²) in [5, 5.41) is 18.9. The Bertz CT molecular complexity index is 847. The van der Waals surface area contributed by atoms with Crippen molar-refractivity contribution in [3.63, 3.8) is 0 Å². The van der Waals surface area contributed by atoms with E-state index in [9.17, 15) is 0 Å². The van der Waals surface area contributed by atoms with Gasteiger partial charge in [-0.15, -0.1) is 0 Å². The number of hydrogen-bond donors (Lipinski definition) is 3. The highest BCUT2D eigenvalue weighted by Crippen LogP contribution is 2.35. The Kier molecular flexibility index (Phi) is 7.10. The molecule has 0 fully saturated rings.